The van der Waals surface area contributed by atoms with Gasteiger partial charge in [-0.15, -0.1) is 0 Å². The van der Waals surface area contributed by atoms with Crippen LogP contribution in [0.5, 0.6) is 5.75 Å². The predicted octanol–water partition coefficient (Wildman–Crippen LogP) is 3.02. The molecule has 1 amide bonds. The molecule has 0 heterocycles. The van der Waals surface area contributed by atoms with E-state index < -0.39 is 0 Å². The van der Waals surface area contributed by atoms with Crippen molar-refractivity contribution >= 4 is 5.91 Å². The summed E-state index contributed by atoms with van der Waals surface area (Å²) in [6, 6.07) is 15.7. The molecule has 4 nitrogen and oxygen atoms in total. The van der Waals surface area contributed by atoms with Gasteiger partial charge >= 0.3 is 0 Å². The van der Waals surface area contributed by atoms with Gasteiger partial charge in [-0.1, -0.05) is 42.5 Å². The molecule has 0 aromatic heterocycles. The fourth-order valence-corrected chi connectivity index (χ4v) is 3.42. The van der Waals surface area contributed by atoms with Crippen molar-refractivity contribution in [3.8, 4) is 5.75 Å². The van der Waals surface area contributed by atoms with E-state index in [2.05, 4.69) is 17.4 Å². The summed E-state index contributed by atoms with van der Waals surface area (Å²) in [5.74, 6) is 0.363. The molecule has 1 unspecified atom stereocenters. The van der Waals surface area contributed by atoms with E-state index in [1.165, 1.54) is 5.56 Å². The highest BCUT2D eigenvalue weighted by Gasteiger charge is 2.23. The number of hydrogen-bond acceptors (Lipinski definition) is 3. The first-order valence-corrected chi connectivity index (χ1v) is 8.46. The van der Waals surface area contributed by atoms with Crippen LogP contribution >= 0.6 is 0 Å². The van der Waals surface area contributed by atoms with Crippen LogP contribution in [0.2, 0.25) is 0 Å². The van der Waals surface area contributed by atoms with Crippen LogP contribution in [-0.4, -0.2) is 29.5 Å². The number of likely N-dealkylation sites (N-methyl/N-ethyl adjacent to an activating group) is 1. The average molecular weight is 324 g/mol. The van der Waals surface area contributed by atoms with Crippen LogP contribution in [0.1, 0.15) is 35.6 Å². The number of aromatic hydroxyl groups is 1. The molecule has 0 fully saturated rings. The van der Waals surface area contributed by atoms with Crippen molar-refractivity contribution in [3.05, 3.63) is 65.2 Å². The monoisotopic (exact) mass is 324 g/mol. The first-order chi connectivity index (χ1) is 11.6. The number of amides is 1. The number of hydrogen-bond donors (Lipinski definition) is 2. The van der Waals surface area contributed by atoms with Gasteiger partial charge < -0.3 is 10.4 Å². The lowest BCUT2D eigenvalue weighted by molar-refractivity contribution is -0.122. The topological polar surface area (TPSA) is 52.6 Å². The Labute approximate surface area is 143 Å². The molecule has 1 atom stereocenters. The number of carbonyl (C=O) groups excluding carboxylic acids is 1. The summed E-state index contributed by atoms with van der Waals surface area (Å²) in [5, 5.41) is 13.1. The molecule has 4 heteroatoms. The largest absolute Gasteiger partial charge is 0.508 e. The molecule has 0 aliphatic heterocycles. The number of phenols is 1. The predicted molar refractivity (Wildman–Crippen MR) is 94.7 cm³/mol. The number of carbonyl (C=O) groups is 1. The van der Waals surface area contributed by atoms with Gasteiger partial charge in [-0.3, -0.25) is 9.69 Å². The number of rotatable bonds is 5. The summed E-state index contributed by atoms with van der Waals surface area (Å²) in [7, 11) is 1.95. The smallest absolute Gasteiger partial charge is 0.234 e. The standard InChI is InChI=1S/C20H24N2O2/c1-22(13-15-7-3-2-4-8-15)14-20(24)21-18-11-5-10-17-16(18)9-6-12-19(17)23/h2-4,6-9,12,18,23H,5,10-11,13-14H2,1H3,(H,21,24). The average Bonchev–Trinajstić information content (AvgIpc) is 2.56. The molecule has 0 saturated carbocycles. The minimum atomic E-state index is -0.00141. The SMILES string of the molecule is CN(CC(=O)NC1CCCc2c(O)cccc21)Cc1ccccc1. The van der Waals surface area contributed by atoms with E-state index in [9.17, 15) is 9.90 Å². The van der Waals surface area contributed by atoms with Gasteiger partial charge in [-0.2, -0.15) is 0 Å². The zero-order valence-electron chi connectivity index (χ0n) is 14.0. The summed E-state index contributed by atoms with van der Waals surface area (Å²) < 4.78 is 0. The van der Waals surface area contributed by atoms with Crippen LogP contribution in [0.3, 0.4) is 0 Å². The van der Waals surface area contributed by atoms with Crippen LogP contribution < -0.4 is 5.32 Å². The number of nitrogens with one attached hydrogen (secondary N) is 1. The first-order valence-electron chi connectivity index (χ1n) is 8.46. The Kier molecular flexibility index (Phi) is 5.16. The zero-order chi connectivity index (χ0) is 16.9. The first kappa shape index (κ1) is 16.5. The second-order valence-electron chi connectivity index (χ2n) is 6.52. The third-order valence-electron chi connectivity index (χ3n) is 4.53. The highest BCUT2D eigenvalue weighted by atomic mass is 16.3. The number of phenolic OH excluding ortho intramolecular Hbond substituents is 1. The Morgan fingerprint density at radius 2 is 2.00 bits per heavy atom. The third-order valence-corrected chi connectivity index (χ3v) is 4.53. The Morgan fingerprint density at radius 3 is 2.79 bits per heavy atom. The number of fused-ring (bicyclic) bond motifs is 1. The van der Waals surface area contributed by atoms with Crippen molar-refractivity contribution in [3.63, 3.8) is 0 Å². The van der Waals surface area contributed by atoms with Crippen molar-refractivity contribution in [2.45, 2.75) is 31.8 Å². The highest BCUT2D eigenvalue weighted by Crippen LogP contribution is 2.34. The molecule has 0 bridgehead atoms. The normalized spacial score (nSPS) is 16.7. The van der Waals surface area contributed by atoms with Crippen molar-refractivity contribution in [2.24, 2.45) is 0 Å². The lowest BCUT2D eigenvalue weighted by Crippen LogP contribution is -2.38. The molecule has 0 spiro atoms. The molecule has 2 aromatic carbocycles. The van der Waals surface area contributed by atoms with Crippen LogP contribution in [0.25, 0.3) is 0 Å². The molecule has 1 aliphatic carbocycles. The summed E-state index contributed by atoms with van der Waals surface area (Å²) in [6.45, 7) is 1.11. The van der Waals surface area contributed by atoms with Gasteiger partial charge in [0.1, 0.15) is 5.75 Å². The minimum Gasteiger partial charge on any atom is -0.508 e. The quantitative estimate of drug-likeness (QED) is 0.889. The van der Waals surface area contributed by atoms with Gasteiger partial charge in [0.25, 0.3) is 0 Å². The van der Waals surface area contributed by atoms with Crippen LogP contribution in [-0.2, 0) is 17.8 Å². The van der Waals surface area contributed by atoms with E-state index >= 15 is 0 Å². The van der Waals surface area contributed by atoms with Crippen molar-refractivity contribution in [1.29, 1.82) is 0 Å². The van der Waals surface area contributed by atoms with Gasteiger partial charge in [0.05, 0.1) is 12.6 Å². The summed E-state index contributed by atoms with van der Waals surface area (Å²) in [5.41, 5.74) is 3.23. The molecule has 0 radical (unpaired) electrons. The van der Waals surface area contributed by atoms with Crippen LogP contribution in [0.4, 0.5) is 0 Å². The maximum Gasteiger partial charge on any atom is 0.234 e. The molecular formula is C20H24N2O2. The maximum absolute atomic E-state index is 12.4. The molecule has 126 valence electrons. The highest BCUT2D eigenvalue weighted by molar-refractivity contribution is 5.78. The van der Waals surface area contributed by atoms with Gasteiger partial charge in [-0.25, -0.2) is 0 Å². The van der Waals surface area contributed by atoms with Gasteiger partial charge in [0, 0.05) is 6.54 Å². The number of benzene rings is 2. The third kappa shape index (κ3) is 3.95. The van der Waals surface area contributed by atoms with E-state index in [1.54, 1.807) is 6.07 Å². The Balaban J connectivity index is 1.59. The van der Waals surface area contributed by atoms with E-state index in [0.29, 0.717) is 12.3 Å². The lowest BCUT2D eigenvalue weighted by atomic mass is 9.87. The number of nitrogens with zero attached hydrogens (tertiary/aromatic N) is 1. The molecular weight excluding hydrogens is 300 g/mol. The molecule has 1 aliphatic rings. The van der Waals surface area contributed by atoms with Crippen molar-refractivity contribution in [2.75, 3.05) is 13.6 Å². The fourth-order valence-electron chi connectivity index (χ4n) is 3.42. The summed E-state index contributed by atoms with van der Waals surface area (Å²) in [6.07, 6.45) is 2.78. The zero-order valence-corrected chi connectivity index (χ0v) is 14.0. The lowest BCUT2D eigenvalue weighted by Gasteiger charge is -2.27. The van der Waals surface area contributed by atoms with E-state index in [0.717, 1.165) is 36.9 Å². The maximum atomic E-state index is 12.4. The van der Waals surface area contributed by atoms with Crippen LogP contribution in [0.15, 0.2) is 48.5 Å². The molecule has 2 N–H and O–H groups in total. The Hall–Kier alpha value is -2.33. The molecule has 0 saturated heterocycles. The van der Waals surface area contributed by atoms with Crippen molar-refractivity contribution < 1.29 is 9.90 Å². The van der Waals surface area contributed by atoms with E-state index in [4.69, 9.17) is 0 Å². The Bertz CT molecular complexity index is 700. The van der Waals surface area contributed by atoms with Gasteiger partial charge in [-0.05, 0) is 49.1 Å². The van der Waals surface area contributed by atoms with Gasteiger partial charge in [0.15, 0.2) is 0 Å². The van der Waals surface area contributed by atoms with Crippen molar-refractivity contribution in [1.82, 2.24) is 10.2 Å². The molecule has 2 aromatic rings. The minimum absolute atomic E-state index is 0.00141. The molecule has 24 heavy (non-hydrogen) atoms. The second-order valence-corrected chi connectivity index (χ2v) is 6.52. The summed E-state index contributed by atoms with van der Waals surface area (Å²) >= 11 is 0. The van der Waals surface area contributed by atoms with E-state index in [1.807, 2.05) is 42.3 Å². The Morgan fingerprint density at radius 1 is 1.21 bits per heavy atom. The van der Waals surface area contributed by atoms with E-state index in [-0.39, 0.29) is 11.9 Å². The van der Waals surface area contributed by atoms with Crippen LogP contribution in [0, 0.1) is 0 Å². The molecule has 3 rings (SSSR count). The summed E-state index contributed by atoms with van der Waals surface area (Å²) in [4.78, 5) is 14.4. The van der Waals surface area contributed by atoms with Gasteiger partial charge in [0.2, 0.25) is 5.91 Å². The second kappa shape index (κ2) is 7.49. The fraction of sp³-hybridized carbons (Fsp3) is 0.350.